The van der Waals surface area contributed by atoms with E-state index in [1.807, 2.05) is 26.8 Å². The second-order valence-electron chi connectivity index (χ2n) is 10.1. The van der Waals surface area contributed by atoms with Crippen LogP contribution in [0, 0.1) is 6.92 Å². The number of allylic oxidation sites excluding steroid dienone is 1. The highest BCUT2D eigenvalue weighted by molar-refractivity contribution is 7.93. The van der Waals surface area contributed by atoms with Crippen LogP contribution in [0.25, 0.3) is 10.9 Å². The molecule has 0 unspecified atom stereocenters. The molecule has 0 spiro atoms. The summed E-state index contributed by atoms with van der Waals surface area (Å²) in [5.41, 5.74) is 1.67. The van der Waals surface area contributed by atoms with E-state index in [-0.39, 0.29) is 28.4 Å². The number of para-hydroxylation sites is 1. The van der Waals surface area contributed by atoms with E-state index in [2.05, 4.69) is 20.3 Å². The Balaban J connectivity index is 1.32. The van der Waals surface area contributed by atoms with Crippen LogP contribution < -0.4 is 5.32 Å². The Labute approximate surface area is 228 Å². The third-order valence-electron chi connectivity index (χ3n) is 6.68. The number of alkyl halides is 2. The summed E-state index contributed by atoms with van der Waals surface area (Å²) in [5, 5.41) is 3.85. The largest absolute Gasteiger partial charge is 0.463 e. The predicted octanol–water partition coefficient (Wildman–Crippen LogP) is 6.39. The van der Waals surface area contributed by atoms with Crippen LogP contribution in [0.4, 0.5) is 14.6 Å². The molecule has 1 N–H and O–H groups in total. The quantitative estimate of drug-likeness (QED) is 0.244. The van der Waals surface area contributed by atoms with Crippen molar-refractivity contribution in [3.8, 4) is 0 Å². The number of aromatic nitrogens is 2. The molecular formula is C28H35F2N5O3S. The van der Waals surface area contributed by atoms with Gasteiger partial charge in [-0.25, -0.2) is 27.2 Å². The van der Waals surface area contributed by atoms with E-state index in [0.29, 0.717) is 48.6 Å². The monoisotopic (exact) mass is 559 g/mol. The molecule has 1 atom stereocenters. The lowest BCUT2D eigenvalue weighted by molar-refractivity contribution is 0.0189. The fourth-order valence-electron chi connectivity index (χ4n) is 4.67. The summed E-state index contributed by atoms with van der Waals surface area (Å²) in [4.78, 5) is 13.0. The summed E-state index contributed by atoms with van der Waals surface area (Å²) in [5.74, 6) is -1.92. The van der Waals surface area contributed by atoms with E-state index in [4.69, 9.17) is 4.42 Å². The normalized spacial score (nSPS) is 15.1. The number of halogens is 2. The second kappa shape index (κ2) is 11.9. The van der Waals surface area contributed by atoms with Crippen LogP contribution in [0.1, 0.15) is 69.8 Å². The summed E-state index contributed by atoms with van der Waals surface area (Å²) < 4.78 is 61.8. The summed E-state index contributed by atoms with van der Waals surface area (Å²) in [7, 11) is -3.64. The van der Waals surface area contributed by atoms with Gasteiger partial charge in [-0.3, -0.25) is 4.99 Å². The standard InChI is InChI=1S/C28H35F2N5O3S/c1-5-12-35(39(36,37)21-15-24(31-16-21)25-14-19(2)17-38-25)13-7-6-9-20(3)34-27-22-10-8-11-23(28(4,29)30)26(22)32-18-33-27/h8,10-11,14,16-18,20H,5-7,9,12-13,15H2,1-4H3,(H,32,33,34)/t20-/m0/s1. The van der Waals surface area contributed by atoms with Gasteiger partial charge in [0.15, 0.2) is 0 Å². The van der Waals surface area contributed by atoms with E-state index < -0.39 is 15.9 Å². The number of aryl methyl sites for hydroxylation is 1. The van der Waals surface area contributed by atoms with Crippen molar-refractivity contribution in [2.75, 3.05) is 18.4 Å². The van der Waals surface area contributed by atoms with Gasteiger partial charge in [0.25, 0.3) is 5.92 Å². The van der Waals surface area contributed by atoms with E-state index in [0.717, 1.165) is 25.3 Å². The van der Waals surface area contributed by atoms with Crippen molar-refractivity contribution < 1.29 is 21.6 Å². The van der Waals surface area contributed by atoms with E-state index >= 15 is 0 Å². The van der Waals surface area contributed by atoms with Crippen molar-refractivity contribution in [2.24, 2.45) is 4.99 Å². The van der Waals surface area contributed by atoms with Crippen molar-refractivity contribution in [3.63, 3.8) is 0 Å². The molecule has 0 saturated carbocycles. The van der Waals surface area contributed by atoms with Gasteiger partial charge in [-0.15, -0.1) is 0 Å². The number of aliphatic imine (C=N–C) groups is 1. The number of furan rings is 1. The van der Waals surface area contributed by atoms with Crippen molar-refractivity contribution >= 4 is 32.5 Å². The molecule has 11 heteroatoms. The molecule has 0 radical (unpaired) electrons. The Morgan fingerprint density at radius 2 is 2.00 bits per heavy atom. The Morgan fingerprint density at radius 1 is 1.21 bits per heavy atom. The number of sulfonamides is 1. The summed E-state index contributed by atoms with van der Waals surface area (Å²) in [6, 6.07) is 6.54. The zero-order chi connectivity index (χ0) is 28.2. The van der Waals surface area contributed by atoms with Crippen molar-refractivity contribution in [3.05, 3.63) is 64.8 Å². The van der Waals surface area contributed by atoms with Crippen LogP contribution >= 0.6 is 0 Å². The summed E-state index contributed by atoms with van der Waals surface area (Å²) >= 11 is 0. The number of rotatable bonds is 13. The molecule has 0 aliphatic carbocycles. The van der Waals surface area contributed by atoms with E-state index in [1.54, 1.807) is 18.4 Å². The first-order valence-corrected chi connectivity index (χ1v) is 14.6. The van der Waals surface area contributed by atoms with Crippen LogP contribution in [0.3, 0.4) is 0 Å². The molecule has 0 bridgehead atoms. The van der Waals surface area contributed by atoms with Gasteiger partial charge >= 0.3 is 0 Å². The highest BCUT2D eigenvalue weighted by Gasteiger charge is 2.31. The van der Waals surface area contributed by atoms with Gasteiger partial charge in [0.2, 0.25) is 10.0 Å². The molecule has 0 fully saturated rings. The second-order valence-corrected chi connectivity index (χ2v) is 12.1. The maximum absolute atomic E-state index is 14.0. The number of anilines is 1. The highest BCUT2D eigenvalue weighted by atomic mass is 32.2. The summed E-state index contributed by atoms with van der Waals surface area (Å²) in [6.45, 7) is 7.55. The third kappa shape index (κ3) is 6.70. The SMILES string of the molecule is CCCN(CCCC[C@H](C)Nc1ncnc2c(C(C)(F)F)cccc12)S(=O)(=O)C1=CN=C(c2cc(C)co2)C1. The van der Waals surface area contributed by atoms with Crippen LogP contribution in [-0.4, -0.2) is 47.5 Å². The van der Waals surface area contributed by atoms with Gasteiger partial charge in [-0.05, 0) is 50.8 Å². The average molecular weight is 560 g/mol. The fraction of sp³-hybridized carbons (Fsp3) is 0.464. The van der Waals surface area contributed by atoms with Crippen molar-refractivity contribution in [2.45, 2.75) is 71.8 Å². The molecule has 1 aromatic carbocycles. The smallest absolute Gasteiger partial charge is 0.272 e. The molecule has 8 nitrogen and oxygen atoms in total. The highest BCUT2D eigenvalue weighted by Crippen LogP contribution is 2.34. The Hall–Kier alpha value is -3.18. The van der Waals surface area contributed by atoms with Crippen LogP contribution in [0.15, 0.2) is 57.4 Å². The lowest BCUT2D eigenvalue weighted by Gasteiger charge is -2.23. The van der Waals surface area contributed by atoms with E-state index in [9.17, 15) is 17.2 Å². The predicted molar refractivity (Wildman–Crippen MR) is 150 cm³/mol. The van der Waals surface area contributed by atoms with Crippen molar-refractivity contribution in [1.29, 1.82) is 0 Å². The number of fused-ring (bicyclic) bond motifs is 1. The van der Waals surface area contributed by atoms with Crippen molar-refractivity contribution in [1.82, 2.24) is 14.3 Å². The molecule has 1 aliphatic heterocycles. The van der Waals surface area contributed by atoms with Crippen LogP contribution in [0.5, 0.6) is 0 Å². The minimum absolute atomic E-state index is 0.00428. The molecule has 4 rings (SSSR count). The number of hydrogen-bond acceptors (Lipinski definition) is 7. The zero-order valence-electron chi connectivity index (χ0n) is 22.7. The Bertz CT molecular complexity index is 1480. The average Bonchev–Trinajstić information content (AvgIpc) is 3.55. The van der Waals surface area contributed by atoms with Gasteiger partial charge in [-0.2, -0.15) is 4.31 Å². The Morgan fingerprint density at radius 3 is 2.69 bits per heavy atom. The molecule has 1 aliphatic rings. The van der Waals surface area contributed by atoms with Gasteiger partial charge < -0.3 is 9.73 Å². The number of nitrogens with zero attached hydrogens (tertiary/aromatic N) is 4. The van der Waals surface area contributed by atoms with Crippen LogP contribution in [-0.2, 0) is 15.9 Å². The summed E-state index contributed by atoms with van der Waals surface area (Å²) in [6.07, 6.45) is 7.48. The van der Waals surface area contributed by atoms with Gasteiger partial charge in [-0.1, -0.05) is 25.5 Å². The van der Waals surface area contributed by atoms with Gasteiger partial charge in [0.1, 0.15) is 17.9 Å². The number of nitrogens with one attached hydrogen (secondary N) is 1. The van der Waals surface area contributed by atoms with Gasteiger partial charge in [0, 0.05) is 49.6 Å². The third-order valence-corrected chi connectivity index (χ3v) is 8.64. The fourth-order valence-corrected chi connectivity index (χ4v) is 6.29. The molecule has 3 aromatic rings. The van der Waals surface area contributed by atoms with Gasteiger partial charge in [0.05, 0.1) is 22.4 Å². The van der Waals surface area contributed by atoms with Crippen LogP contribution in [0.2, 0.25) is 0 Å². The first-order chi connectivity index (χ1) is 18.5. The minimum Gasteiger partial charge on any atom is -0.463 e. The maximum atomic E-state index is 14.0. The maximum Gasteiger partial charge on any atom is 0.272 e. The molecule has 39 heavy (non-hydrogen) atoms. The number of benzene rings is 1. The number of hydrogen-bond donors (Lipinski definition) is 1. The first-order valence-electron chi connectivity index (χ1n) is 13.2. The first kappa shape index (κ1) is 28.8. The molecular weight excluding hydrogens is 524 g/mol. The lowest BCUT2D eigenvalue weighted by Crippen LogP contribution is -2.34. The zero-order valence-corrected chi connectivity index (χ0v) is 23.6. The lowest BCUT2D eigenvalue weighted by atomic mass is 10.1. The molecule has 0 saturated heterocycles. The molecule has 2 aromatic heterocycles. The molecule has 0 amide bonds. The molecule has 210 valence electrons. The van der Waals surface area contributed by atoms with E-state index in [1.165, 1.54) is 22.9 Å². The Kier molecular flexibility index (Phi) is 8.80. The molecule has 3 heterocycles. The number of unbranched alkanes of at least 4 members (excludes halogenated alkanes) is 1. The topological polar surface area (TPSA) is 101 Å². The minimum atomic E-state index is -3.64.